The third kappa shape index (κ3) is 7.86. The van der Waals surface area contributed by atoms with Gasteiger partial charge in [0.05, 0.1) is 5.75 Å². The number of carbonyl (C=O) groups is 2. The zero-order valence-corrected chi connectivity index (χ0v) is 19.8. The first-order valence-electron chi connectivity index (χ1n) is 10.5. The molecule has 168 valence electrons. The van der Waals surface area contributed by atoms with Crippen molar-refractivity contribution in [1.29, 1.82) is 0 Å². The first-order valence-corrected chi connectivity index (χ1v) is 12.0. The van der Waals surface area contributed by atoms with Crippen molar-refractivity contribution in [3.8, 4) is 0 Å². The molecule has 0 aliphatic heterocycles. The number of halogens is 2. The van der Waals surface area contributed by atoms with E-state index in [1.807, 2.05) is 39.0 Å². The summed E-state index contributed by atoms with van der Waals surface area (Å²) in [4.78, 5) is 27.7. The van der Waals surface area contributed by atoms with Crippen LogP contribution >= 0.6 is 23.4 Å². The number of thioether (sulfide) groups is 1. The van der Waals surface area contributed by atoms with E-state index < -0.39 is 6.04 Å². The van der Waals surface area contributed by atoms with Gasteiger partial charge in [0.25, 0.3) is 0 Å². The minimum atomic E-state index is -0.579. The van der Waals surface area contributed by atoms with Crippen LogP contribution in [-0.2, 0) is 21.9 Å². The topological polar surface area (TPSA) is 49.4 Å². The predicted molar refractivity (Wildman–Crippen MR) is 127 cm³/mol. The maximum absolute atomic E-state index is 13.2. The Morgan fingerprint density at radius 3 is 2.39 bits per heavy atom. The quantitative estimate of drug-likeness (QED) is 0.482. The van der Waals surface area contributed by atoms with Crippen LogP contribution in [0.15, 0.2) is 48.5 Å². The predicted octanol–water partition coefficient (Wildman–Crippen LogP) is 5.43. The summed E-state index contributed by atoms with van der Waals surface area (Å²) in [5.74, 6) is 0.240. The molecule has 2 atom stereocenters. The highest BCUT2D eigenvalue weighted by atomic mass is 35.5. The van der Waals surface area contributed by atoms with E-state index in [0.29, 0.717) is 17.2 Å². The van der Waals surface area contributed by atoms with Gasteiger partial charge in [-0.15, -0.1) is 11.8 Å². The fraction of sp³-hybridized carbons (Fsp3) is 0.417. The molecule has 2 aromatic carbocycles. The molecule has 2 amide bonds. The molecule has 0 saturated heterocycles. The van der Waals surface area contributed by atoms with Gasteiger partial charge in [-0.3, -0.25) is 9.59 Å². The molecule has 2 aromatic rings. The molecular weight excluding hydrogens is 435 g/mol. The molecule has 0 heterocycles. The Balaban J connectivity index is 2.14. The third-order valence-electron chi connectivity index (χ3n) is 5.09. The van der Waals surface area contributed by atoms with E-state index in [-0.39, 0.29) is 36.0 Å². The second-order valence-corrected chi connectivity index (χ2v) is 8.87. The Morgan fingerprint density at radius 2 is 1.77 bits per heavy atom. The Labute approximate surface area is 193 Å². The first kappa shape index (κ1) is 25.2. The van der Waals surface area contributed by atoms with Crippen LogP contribution in [0.4, 0.5) is 4.39 Å². The van der Waals surface area contributed by atoms with E-state index in [2.05, 4.69) is 5.32 Å². The highest BCUT2D eigenvalue weighted by Crippen LogP contribution is 2.21. The van der Waals surface area contributed by atoms with Crippen molar-refractivity contribution in [2.75, 3.05) is 5.75 Å². The zero-order valence-electron chi connectivity index (χ0n) is 18.2. The maximum Gasteiger partial charge on any atom is 0.243 e. The highest BCUT2D eigenvalue weighted by molar-refractivity contribution is 7.99. The molecule has 0 fully saturated rings. The van der Waals surface area contributed by atoms with Crippen LogP contribution in [0.5, 0.6) is 0 Å². The van der Waals surface area contributed by atoms with E-state index >= 15 is 0 Å². The van der Waals surface area contributed by atoms with Crippen LogP contribution in [0.2, 0.25) is 5.02 Å². The monoisotopic (exact) mass is 464 g/mol. The first-order chi connectivity index (χ1) is 14.8. The average Bonchev–Trinajstić information content (AvgIpc) is 2.76. The van der Waals surface area contributed by atoms with E-state index in [1.165, 1.54) is 23.9 Å². The summed E-state index contributed by atoms with van der Waals surface area (Å²) in [6.07, 6.45) is 1.31. The summed E-state index contributed by atoms with van der Waals surface area (Å²) < 4.78 is 13.1. The largest absolute Gasteiger partial charge is 0.352 e. The van der Waals surface area contributed by atoms with Gasteiger partial charge in [0.2, 0.25) is 11.8 Å². The summed E-state index contributed by atoms with van der Waals surface area (Å²) in [7, 11) is 0. The lowest BCUT2D eigenvalue weighted by Gasteiger charge is -2.31. The summed E-state index contributed by atoms with van der Waals surface area (Å²) in [6, 6.07) is 13.1. The minimum Gasteiger partial charge on any atom is -0.352 e. The van der Waals surface area contributed by atoms with Gasteiger partial charge in [-0.25, -0.2) is 4.39 Å². The highest BCUT2D eigenvalue weighted by Gasteiger charge is 2.29. The fourth-order valence-electron chi connectivity index (χ4n) is 3.09. The number of hydrogen-bond acceptors (Lipinski definition) is 3. The lowest BCUT2D eigenvalue weighted by Crippen LogP contribution is -2.51. The van der Waals surface area contributed by atoms with E-state index in [4.69, 9.17) is 11.6 Å². The molecule has 0 radical (unpaired) electrons. The number of nitrogens with zero attached hydrogens (tertiary/aromatic N) is 1. The molecular formula is C24H30ClFN2O2S. The lowest BCUT2D eigenvalue weighted by molar-refractivity contribution is -0.139. The SMILES string of the molecule is CC[C@H](C)NC(=O)[C@H](CC)N(Cc1ccccc1Cl)C(=O)CSCc1ccc(F)cc1. The summed E-state index contributed by atoms with van der Waals surface area (Å²) in [5.41, 5.74) is 1.74. The van der Waals surface area contributed by atoms with Crippen LogP contribution < -0.4 is 5.32 Å². The fourth-order valence-corrected chi connectivity index (χ4v) is 4.16. The molecule has 31 heavy (non-hydrogen) atoms. The number of carbonyl (C=O) groups excluding carboxylic acids is 2. The van der Waals surface area contributed by atoms with Crippen molar-refractivity contribution in [2.45, 2.75) is 58.0 Å². The molecule has 4 nitrogen and oxygen atoms in total. The average molecular weight is 465 g/mol. The number of nitrogens with one attached hydrogen (secondary N) is 1. The van der Waals surface area contributed by atoms with Gasteiger partial charge in [-0.05, 0) is 49.1 Å². The number of hydrogen-bond donors (Lipinski definition) is 1. The second-order valence-electron chi connectivity index (χ2n) is 7.47. The number of amides is 2. The molecule has 0 unspecified atom stereocenters. The molecule has 0 saturated carbocycles. The van der Waals surface area contributed by atoms with E-state index in [9.17, 15) is 14.0 Å². The summed E-state index contributed by atoms with van der Waals surface area (Å²) in [6.45, 7) is 6.12. The van der Waals surface area contributed by atoms with Crippen molar-refractivity contribution in [3.05, 3.63) is 70.5 Å². The van der Waals surface area contributed by atoms with Gasteiger partial charge >= 0.3 is 0 Å². The summed E-state index contributed by atoms with van der Waals surface area (Å²) >= 11 is 7.77. The Hall–Kier alpha value is -2.05. The van der Waals surface area contributed by atoms with E-state index in [0.717, 1.165) is 17.5 Å². The van der Waals surface area contributed by atoms with Gasteiger partial charge in [0, 0.05) is 23.4 Å². The molecule has 2 rings (SSSR count). The van der Waals surface area contributed by atoms with Crippen molar-refractivity contribution in [1.82, 2.24) is 10.2 Å². The normalized spacial score (nSPS) is 12.8. The number of rotatable bonds is 11. The minimum absolute atomic E-state index is 0.0340. The second kappa shape index (κ2) is 12.7. The molecule has 1 N–H and O–H groups in total. The Bertz CT molecular complexity index is 863. The van der Waals surface area contributed by atoms with Crippen LogP contribution in [0.1, 0.15) is 44.7 Å². The molecule has 7 heteroatoms. The third-order valence-corrected chi connectivity index (χ3v) is 6.45. The van der Waals surface area contributed by atoms with Crippen molar-refractivity contribution < 1.29 is 14.0 Å². The Kier molecular flexibility index (Phi) is 10.3. The molecule has 0 aromatic heterocycles. The van der Waals surface area contributed by atoms with Gasteiger partial charge in [0.1, 0.15) is 11.9 Å². The van der Waals surface area contributed by atoms with Crippen molar-refractivity contribution >= 4 is 35.2 Å². The molecule has 0 aliphatic carbocycles. The lowest BCUT2D eigenvalue weighted by atomic mass is 10.1. The van der Waals surface area contributed by atoms with Gasteiger partial charge in [-0.1, -0.05) is 55.8 Å². The molecule has 0 aliphatic rings. The zero-order chi connectivity index (χ0) is 22.8. The van der Waals surface area contributed by atoms with Crippen molar-refractivity contribution in [3.63, 3.8) is 0 Å². The van der Waals surface area contributed by atoms with Gasteiger partial charge < -0.3 is 10.2 Å². The van der Waals surface area contributed by atoms with Gasteiger partial charge in [0.15, 0.2) is 0 Å². The van der Waals surface area contributed by atoms with Crippen LogP contribution in [0.3, 0.4) is 0 Å². The summed E-state index contributed by atoms with van der Waals surface area (Å²) in [5, 5.41) is 3.56. The van der Waals surface area contributed by atoms with E-state index in [1.54, 1.807) is 23.1 Å². The number of benzene rings is 2. The van der Waals surface area contributed by atoms with Crippen LogP contribution in [0, 0.1) is 5.82 Å². The Morgan fingerprint density at radius 1 is 1.10 bits per heavy atom. The maximum atomic E-state index is 13.2. The van der Waals surface area contributed by atoms with Gasteiger partial charge in [-0.2, -0.15) is 0 Å². The molecule has 0 spiro atoms. The standard InChI is InChI=1S/C24H30ClFN2O2S/c1-4-17(3)27-24(30)22(5-2)28(14-19-8-6-7-9-21(19)25)23(29)16-31-15-18-10-12-20(26)13-11-18/h6-13,17,22H,4-5,14-16H2,1-3H3,(H,27,30)/t17-,22-/m0/s1. The smallest absolute Gasteiger partial charge is 0.243 e. The van der Waals surface area contributed by atoms with Crippen LogP contribution in [0.25, 0.3) is 0 Å². The van der Waals surface area contributed by atoms with Crippen molar-refractivity contribution in [2.24, 2.45) is 0 Å². The molecule has 0 bridgehead atoms. The van der Waals surface area contributed by atoms with Crippen LogP contribution in [-0.4, -0.2) is 34.6 Å².